The number of fused-ring (bicyclic) bond motifs is 1. The van der Waals surface area contributed by atoms with Crippen LogP contribution in [0.5, 0.6) is 0 Å². The van der Waals surface area contributed by atoms with Crippen molar-refractivity contribution in [3.8, 4) is 23.0 Å². The molecular formula is C26H16Cl2O. The van der Waals surface area contributed by atoms with E-state index in [-0.39, 0.29) is 5.78 Å². The summed E-state index contributed by atoms with van der Waals surface area (Å²) in [6.45, 7) is 1.58. The van der Waals surface area contributed by atoms with Gasteiger partial charge >= 0.3 is 0 Å². The molecule has 0 N–H and O–H groups in total. The number of hydrogen-bond acceptors (Lipinski definition) is 1. The van der Waals surface area contributed by atoms with Crippen LogP contribution in [0.4, 0.5) is 0 Å². The van der Waals surface area contributed by atoms with E-state index in [9.17, 15) is 4.79 Å². The van der Waals surface area contributed by atoms with E-state index in [2.05, 4.69) is 11.8 Å². The molecule has 0 saturated carbocycles. The van der Waals surface area contributed by atoms with Gasteiger partial charge in [-0.15, -0.1) is 0 Å². The molecule has 3 heteroatoms. The van der Waals surface area contributed by atoms with Crippen molar-refractivity contribution in [2.75, 3.05) is 0 Å². The molecule has 4 aromatic rings. The maximum atomic E-state index is 12.7. The van der Waals surface area contributed by atoms with E-state index in [1.165, 1.54) is 0 Å². The molecule has 0 spiro atoms. The number of Topliss-reactive ketones (excluding diaryl/α,β-unsaturated/α-hetero) is 1. The number of rotatable bonds is 2. The van der Waals surface area contributed by atoms with Gasteiger partial charge in [0, 0.05) is 26.7 Å². The van der Waals surface area contributed by atoms with Crippen LogP contribution in [0.3, 0.4) is 0 Å². The largest absolute Gasteiger partial charge is 0.294 e. The van der Waals surface area contributed by atoms with Crippen molar-refractivity contribution < 1.29 is 4.79 Å². The second-order valence-electron chi connectivity index (χ2n) is 6.72. The second kappa shape index (κ2) is 8.13. The van der Waals surface area contributed by atoms with Gasteiger partial charge in [0.05, 0.1) is 0 Å². The van der Waals surface area contributed by atoms with Crippen LogP contribution in [0.1, 0.15) is 28.4 Å². The second-order valence-corrected chi connectivity index (χ2v) is 7.59. The molecule has 0 radical (unpaired) electrons. The maximum absolute atomic E-state index is 12.7. The molecule has 0 amide bonds. The van der Waals surface area contributed by atoms with Crippen LogP contribution in [0.25, 0.3) is 21.9 Å². The lowest BCUT2D eigenvalue weighted by atomic mass is 9.88. The highest BCUT2D eigenvalue weighted by Crippen LogP contribution is 2.33. The van der Waals surface area contributed by atoms with Crippen LogP contribution < -0.4 is 0 Å². The molecule has 0 saturated heterocycles. The highest BCUT2D eigenvalue weighted by molar-refractivity contribution is 6.30. The van der Waals surface area contributed by atoms with Gasteiger partial charge in [-0.25, -0.2) is 0 Å². The van der Waals surface area contributed by atoms with Crippen LogP contribution in [-0.2, 0) is 0 Å². The van der Waals surface area contributed by atoms with Gasteiger partial charge in [-0.2, -0.15) is 0 Å². The minimum atomic E-state index is -0.0268. The van der Waals surface area contributed by atoms with Crippen molar-refractivity contribution in [2.24, 2.45) is 0 Å². The molecule has 29 heavy (non-hydrogen) atoms. The fourth-order valence-electron chi connectivity index (χ4n) is 3.37. The number of carbonyl (C=O) groups is 1. The zero-order valence-electron chi connectivity index (χ0n) is 15.7. The zero-order valence-corrected chi connectivity index (χ0v) is 17.2. The predicted octanol–water partition coefficient (Wildman–Crippen LogP) is 7.42. The first-order chi connectivity index (χ1) is 14.0. The summed E-state index contributed by atoms with van der Waals surface area (Å²) in [6.07, 6.45) is 0. The topological polar surface area (TPSA) is 17.1 Å². The quantitative estimate of drug-likeness (QED) is 0.246. The monoisotopic (exact) mass is 414 g/mol. The van der Waals surface area contributed by atoms with Crippen molar-refractivity contribution in [3.05, 3.63) is 106 Å². The van der Waals surface area contributed by atoms with Crippen molar-refractivity contribution in [2.45, 2.75) is 6.92 Å². The van der Waals surface area contributed by atoms with Gasteiger partial charge in [-0.05, 0) is 71.3 Å². The molecule has 0 bridgehead atoms. The summed E-state index contributed by atoms with van der Waals surface area (Å²) < 4.78 is 0. The summed E-state index contributed by atoms with van der Waals surface area (Å²) in [6, 6.07) is 24.9. The van der Waals surface area contributed by atoms with Gasteiger partial charge in [0.25, 0.3) is 0 Å². The summed E-state index contributed by atoms with van der Waals surface area (Å²) in [5, 5.41) is 3.30. The van der Waals surface area contributed by atoms with Crippen LogP contribution >= 0.6 is 23.2 Å². The summed E-state index contributed by atoms with van der Waals surface area (Å²) in [7, 11) is 0. The molecule has 0 fully saturated rings. The minimum absolute atomic E-state index is 0.0268. The Labute approximate surface area is 179 Å². The Kier molecular flexibility index (Phi) is 5.41. The van der Waals surface area contributed by atoms with E-state index in [0.717, 1.165) is 33.0 Å². The predicted molar refractivity (Wildman–Crippen MR) is 122 cm³/mol. The third-order valence-corrected chi connectivity index (χ3v) is 5.24. The molecule has 4 aromatic carbocycles. The van der Waals surface area contributed by atoms with E-state index in [0.29, 0.717) is 15.6 Å². The van der Waals surface area contributed by atoms with Gasteiger partial charge < -0.3 is 0 Å². The maximum Gasteiger partial charge on any atom is 0.161 e. The number of ketones is 1. The van der Waals surface area contributed by atoms with E-state index in [1.54, 1.807) is 19.1 Å². The Morgan fingerprint density at radius 3 is 2.07 bits per heavy atom. The zero-order chi connectivity index (χ0) is 20.4. The molecule has 1 nitrogen and oxygen atoms in total. The van der Waals surface area contributed by atoms with Crippen LogP contribution in [0.15, 0.2) is 78.9 Å². The van der Waals surface area contributed by atoms with E-state index in [1.807, 2.05) is 66.7 Å². The molecule has 0 aliphatic carbocycles. The van der Waals surface area contributed by atoms with Crippen LogP contribution in [0.2, 0.25) is 10.0 Å². The summed E-state index contributed by atoms with van der Waals surface area (Å²) in [4.78, 5) is 12.7. The van der Waals surface area contributed by atoms with E-state index in [4.69, 9.17) is 23.2 Å². The summed E-state index contributed by atoms with van der Waals surface area (Å²) >= 11 is 12.0. The molecule has 0 aliphatic heterocycles. The summed E-state index contributed by atoms with van der Waals surface area (Å²) in [5.41, 5.74) is 3.97. The van der Waals surface area contributed by atoms with Crippen LogP contribution in [0, 0.1) is 11.8 Å². The van der Waals surface area contributed by atoms with E-state index >= 15 is 0 Å². The first kappa shape index (κ1) is 19.3. The van der Waals surface area contributed by atoms with Gasteiger partial charge in [0.15, 0.2) is 5.78 Å². The highest BCUT2D eigenvalue weighted by Gasteiger charge is 2.17. The number of hydrogen-bond donors (Lipinski definition) is 0. The average molecular weight is 415 g/mol. The lowest BCUT2D eigenvalue weighted by Gasteiger charge is -2.13. The normalized spacial score (nSPS) is 10.4. The molecule has 0 aromatic heterocycles. The van der Waals surface area contributed by atoms with Crippen LogP contribution in [-0.4, -0.2) is 5.78 Å². The molecule has 0 unspecified atom stereocenters. The molecule has 140 valence electrons. The highest BCUT2D eigenvalue weighted by atomic mass is 35.5. The molecule has 4 rings (SSSR count). The Balaban J connectivity index is 2.01. The first-order valence-corrected chi connectivity index (χ1v) is 9.89. The number of benzene rings is 4. The van der Waals surface area contributed by atoms with Gasteiger partial charge in [0.2, 0.25) is 0 Å². The molecular weight excluding hydrogens is 399 g/mol. The smallest absolute Gasteiger partial charge is 0.161 e. The molecule has 0 aliphatic rings. The van der Waals surface area contributed by atoms with Crippen molar-refractivity contribution in [1.82, 2.24) is 0 Å². The van der Waals surface area contributed by atoms with Crippen molar-refractivity contribution in [3.63, 3.8) is 0 Å². The van der Waals surface area contributed by atoms with Gasteiger partial charge in [-0.3, -0.25) is 4.79 Å². The standard InChI is InChI=1S/C26H16Cl2O/c1-17(29)26-24(15-8-18-6-11-21(27)12-7-18)23-5-3-2-4-20(23)16-25(26)19-9-13-22(28)14-10-19/h2-7,9-14,16H,1H3. The number of halogens is 2. The molecule has 0 atom stereocenters. The molecule has 0 heterocycles. The van der Waals surface area contributed by atoms with Crippen molar-refractivity contribution >= 4 is 39.8 Å². The fraction of sp³-hybridized carbons (Fsp3) is 0.0385. The van der Waals surface area contributed by atoms with Gasteiger partial charge in [-0.1, -0.05) is 71.4 Å². The Morgan fingerprint density at radius 1 is 0.793 bits per heavy atom. The Morgan fingerprint density at radius 2 is 1.41 bits per heavy atom. The number of carbonyl (C=O) groups excluding carboxylic acids is 1. The van der Waals surface area contributed by atoms with Gasteiger partial charge in [0.1, 0.15) is 0 Å². The Bertz CT molecular complexity index is 1270. The first-order valence-electron chi connectivity index (χ1n) is 9.13. The lowest BCUT2D eigenvalue weighted by molar-refractivity contribution is 0.101. The third-order valence-electron chi connectivity index (χ3n) is 4.73. The SMILES string of the molecule is CC(=O)c1c(-c2ccc(Cl)cc2)cc2ccccc2c1C#Cc1ccc(Cl)cc1. The fourth-order valence-corrected chi connectivity index (χ4v) is 3.62. The Hall–Kier alpha value is -3.05. The van der Waals surface area contributed by atoms with Crippen molar-refractivity contribution in [1.29, 1.82) is 0 Å². The minimum Gasteiger partial charge on any atom is -0.294 e. The average Bonchev–Trinajstić information content (AvgIpc) is 2.73. The van der Waals surface area contributed by atoms with E-state index < -0.39 is 0 Å². The third kappa shape index (κ3) is 4.05. The lowest BCUT2D eigenvalue weighted by Crippen LogP contribution is -2.02. The summed E-state index contributed by atoms with van der Waals surface area (Å²) in [5.74, 6) is 6.41.